The maximum absolute atomic E-state index is 9.11. The van der Waals surface area contributed by atoms with E-state index in [1.54, 1.807) is 0 Å². The van der Waals surface area contributed by atoms with E-state index in [2.05, 4.69) is 31.0 Å². The highest BCUT2D eigenvalue weighted by Gasteiger charge is 2.39. The monoisotopic (exact) mass is 260 g/mol. The van der Waals surface area contributed by atoms with Gasteiger partial charge in [-0.15, -0.1) is 0 Å². The van der Waals surface area contributed by atoms with Crippen LogP contribution in [-0.4, -0.2) is 53.1 Å². The van der Waals surface area contributed by atoms with Crippen molar-refractivity contribution in [1.29, 1.82) is 0 Å². The van der Waals surface area contributed by atoms with Crippen molar-refractivity contribution in [1.82, 2.24) is 10.2 Å². The van der Waals surface area contributed by atoms with E-state index in [-0.39, 0.29) is 16.9 Å². The molecule has 1 aliphatic heterocycles. The molecule has 1 unspecified atom stereocenters. The van der Waals surface area contributed by atoms with Gasteiger partial charge < -0.3 is 10.4 Å². The highest BCUT2D eigenvalue weighted by atomic mass is 32.1. The van der Waals surface area contributed by atoms with E-state index in [4.69, 9.17) is 17.7 Å². The molecule has 0 amide bonds. The van der Waals surface area contributed by atoms with Crippen LogP contribution in [-0.2, 0) is 0 Å². The van der Waals surface area contributed by atoms with E-state index in [9.17, 15) is 0 Å². The van der Waals surface area contributed by atoms with Gasteiger partial charge in [0, 0.05) is 36.0 Å². The van der Waals surface area contributed by atoms with E-state index < -0.39 is 0 Å². The van der Waals surface area contributed by atoms with Crippen LogP contribution >= 0.6 is 12.6 Å². The Bertz CT molecular complexity index is 232. The normalized spacial score (nSPS) is 23.6. The number of likely N-dealkylation sites (tertiary alicyclic amines) is 1. The van der Waals surface area contributed by atoms with Crippen molar-refractivity contribution in [3.8, 4) is 0 Å². The van der Waals surface area contributed by atoms with Crippen LogP contribution in [0.25, 0.3) is 0 Å². The molecule has 0 spiro atoms. The molecule has 1 aliphatic rings. The number of hydrogen-bond donors (Lipinski definition) is 3. The van der Waals surface area contributed by atoms with Crippen LogP contribution in [0.15, 0.2) is 0 Å². The molecular weight excluding hydrogens is 232 g/mol. The molecule has 0 aromatic heterocycles. The summed E-state index contributed by atoms with van der Waals surface area (Å²) in [5, 5.41) is 12.4. The molecule has 0 saturated carbocycles. The molecule has 2 N–H and O–H groups in total. The van der Waals surface area contributed by atoms with E-state index in [0.29, 0.717) is 6.04 Å². The Morgan fingerprint density at radius 1 is 1.35 bits per heavy atom. The summed E-state index contributed by atoms with van der Waals surface area (Å²) in [5.74, 6) is 0. The predicted molar refractivity (Wildman–Crippen MR) is 76.8 cm³/mol. The van der Waals surface area contributed by atoms with Crippen molar-refractivity contribution < 1.29 is 5.11 Å². The van der Waals surface area contributed by atoms with Gasteiger partial charge in [-0.3, -0.25) is 4.90 Å². The van der Waals surface area contributed by atoms with Gasteiger partial charge in [-0.25, -0.2) is 0 Å². The highest BCUT2D eigenvalue weighted by Crippen LogP contribution is 2.35. The van der Waals surface area contributed by atoms with Gasteiger partial charge in [-0.05, 0) is 47.1 Å². The van der Waals surface area contributed by atoms with Gasteiger partial charge in [-0.1, -0.05) is 0 Å². The van der Waals surface area contributed by atoms with Crippen LogP contribution in [0.3, 0.4) is 0 Å². The van der Waals surface area contributed by atoms with Crippen LogP contribution in [0.5, 0.6) is 0 Å². The van der Waals surface area contributed by atoms with Crippen molar-refractivity contribution >= 4 is 12.6 Å². The van der Waals surface area contributed by atoms with Gasteiger partial charge in [0.2, 0.25) is 0 Å². The maximum atomic E-state index is 9.11. The quantitative estimate of drug-likeness (QED) is 0.671. The molecule has 1 fully saturated rings. The van der Waals surface area contributed by atoms with Crippen LogP contribution in [0, 0.1) is 0 Å². The Kier molecular flexibility index (Phi) is 5.32. The average Bonchev–Trinajstić information content (AvgIpc) is 2.25. The molecule has 1 heterocycles. The summed E-state index contributed by atoms with van der Waals surface area (Å²) in [5.41, 5.74) is 0.251. The van der Waals surface area contributed by atoms with E-state index in [0.717, 1.165) is 32.4 Å². The largest absolute Gasteiger partial charge is 0.396 e. The summed E-state index contributed by atoms with van der Waals surface area (Å²) in [6, 6.07) is 0.304. The number of rotatable bonds is 4. The molecule has 0 aromatic rings. The summed E-state index contributed by atoms with van der Waals surface area (Å²) in [4.78, 5) is 2.52. The number of nitrogens with zero attached hydrogens (tertiary/aromatic N) is 1. The van der Waals surface area contributed by atoms with Gasteiger partial charge in [0.1, 0.15) is 0 Å². The minimum absolute atomic E-state index is 0.0270. The smallest absolute Gasteiger partial charge is 0.0446 e. The molecule has 0 aromatic carbocycles. The number of aliphatic hydroxyl groups is 1. The first-order chi connectivity index (χ1) is 7.83. The average molecular weight is 260 g/mol. The molecule has 4 heteroatoms. The third kappa shape index (κ3) is 3.85. The zero-order valence-electron chi connectivity index (χ0n) is 11.7. The summed E-state index contributed by atoms with van der Waals surface area (Å²) in [6.07, 6.45) is 2.95. The Morgan fingerprint density at radius 2 is 1.88 bits per heavy atom. The van der Waals surface area contributed by atoms with E-state index >= 15 is 0 Å². The number of aliphatic hydroxyl groups excluding tert-OH is 1. The highest BCUT2D eigenvalue weighted by molar-refractivity contribution is 7.81. The van der Waals surface area contributed by atoms with Crippen LogP contribution in [0.2, 0.25) is 0 Å². The first-order valence-electron chi connectivity index (χ1n) is 6.59. The fourth-order valence-electron chi connectivity index (χ4n) is 2.72. The lowest BCUT2D eigenvalue weighted by Gasteiger charge is -2.47. The Labute approximate surface area is 111 Å². The lowest BCUT2D eigenvalue weighted by atomic mass is 9.85. The van der Waals surface area contributed by atoms with E-state index in [1.165, 1.54) is 0 Å². The predicted octanol–water partition coefficient (Wildman–Crippen LogP) is 1.52. The Morgan fingerprint density at radius 3 is 2.24 bits per heavy atom. The minimum atomic E-state index is 0.0270. The van der Waals surface area contributed by atoms with Crippen molar-refractivity contribution in [2.24, 2.45) is 0 Å². The Hall–Kier alpha value is 0.230. The maximum Gasteiger partial charge on any atom is 0.0446 e. The third-order valence-electron chi connectivity index (χ3n) is 3.99. The van der Waals surface area contributed by atoms with Crippen LogP contribution in [0.1, 0.15) is 40.0 Å². The van der Waals surface area contributed by atoms with Gasteiger partial charge in [-0.2, -0.15) is 12.6 Å². The van der Waals surface area contributed by atoms with E-state index in [1.807, 2.05) is 7.05 Å². The van der Waals surface area contributed by atoms with Gasteiger partial charge in [0.05, 0.1) is 0 Å². The van der Waals surface area contributed by atoms with Crippen molar-refractivity contribution in [2.45, 2.75) is 56.4 Å². The van der Waals surface area contributed by atoms with Crippen LogP contribution < -0.4 is 5.32 Å². The fourth-order valence-corrected chi connectivity index (χ4v) is 3.18. The lowest BCUT2D eigenvalue weighted by molar-refractivity contribution is 0.0853. The first kappa shape index (κ1) is 15.3. The van der Waals surface area contributed by atoms with Gasteiger partial charge in [0.25, 0.3) is 0 Å². The van der Waals surface area contributed by atoms with Gasteiger partial charge >= 0.3 is 0 Å². The SMILES string of the molecule is CNC(CCO)C1(S)CCN(C(C)(C)C)CC1. The summed E-state index contributed by atoms with van der Waals surface area (Å²) in [6.45, 7) is 9.22. The van der Waals surface area contributed by atoms with Gasteiger partial charge in [0.15, 0.2) is 0 Å². The molecule has 3 nitrogen and oxygen atoms in total. The second kappa shape index (κ2) is 5.91. The lowest BCUT2D eigenvalue weighted by Crippen LogP contribution is -2.56. The number of thiol groups is 1. The molecule has 1 saturated heterocycles. The molecule has 1 rings (SSSR count). The molecule has 0 aliphatic carbocycles. The third-order valence-corrected chi connectivity index (χ3v) is 4.75. The van der Waals surface area contributed by atoms with Crippen molar-refractivity contribution in [2.75, 3.05) is 26.7 Å². The molecule has 17 heavy (non-hydrogen) atoms. The molecule has 0 bridgehead atoms. The summed E-state index contributed by atoms with van der Waals surface area (Å²) < 4.78 is 0.0270. The standard InChI is InChI=1S/C13H28N2OS/c1-12(2,3)15-8-6-13(17,7-9-15)11(14-4)5-10-16/h11,14,16-17H,5-10H2,1-4H3. The van der Waals surface area contributed by atoms with Crippen LogP contribution in [0.4, 0.5) is 0 Å². The fraction of sp³-hybridized carbons (Fsp3) is 1.00. The number of piperidine rings is 1. The molecular formula is C13H28N2OS. The number of nitrogens with one attached hydrogen (secondary N) is 1. The molecule has 1 atom stereocenters. The second-order valence-electron chi connectivity index (χ2n) is 6.11. The number of hydrogen-bond acceptors (Lipinski definition) is 4. The Balaban J connectivity index is 2.59. The topological polar surface area (TPSA) is 35.5 Å². The second-order valence-corrected chi connectivity index (χ2v) is 7.01. The first-order valence-corrected chi connectivity index (χ1v) is 7.04. The summed E-state index contributed by atoms with van der Waals surface area (Å²) in [7, 11) is 1.97. The molecule has 0 radical (unpaired) electrons. The van der Waals surface area contributed by atoms with Crippen molar-refractivity contribution in [3.63, 3.8) is 0 Å². The zero-order valence-corrected chi connectivity index (χ0v) is 12.6. The summed E-state index contributed by atoms with van der Waals surface area (Å²) >= 11 is 4.90. The zero-order chi connectivity index (χ0) is 13.1. The van der Waals surface area contributed by atoms with Crippen molar-refractivity contribution in [3.05, 3.63) is 0 Å². The molecule has 102 valence electrons. The minimum Gasteiger partial charge on any atom is -0.396 e.